The van der Waals surface area contributed by atoms with Crippen LogP contribution in [0.1, 0.15) is 17.5 Å². The van der Waals surface area contributed by atoms with E-state index < -0.39 is 0 Å². The highest BCUT2D eigenvalue weighted by molar-refractivity contribution is 5.75. The van der Waals surface area contributed by atoms with Crippen molar-refractivity contribution in [2.75, 3.05) is 13.1 Å². The Hall–Kier alpha value is -2.24. The van der Waals surface area contributed by atoms with Crippen LogP contribution in [-0.4, -0.2) is 33.6 Å². The molecule has 24 heavy (non-hydrogen) atoms. The summed E-state index contributed by atoms with van der Waals surface area (Å²) in [7, 11) is 0. The first-order chi connectivity index (χ1) is 11.7. The van der Waals surface area contributed by atoms with Crippen molar-refractivity contribution in [2.45, 2.75) is 25.6 Å². The average molecular weight is 324 g/mol. The van der Waals surface area contributed by atoms with Crippen molar-refractivity contribution in [1.29, 1.82) is 0 Å². The van der Waals surface area contributed by atoms with E-state index in [1.165, 1.54) is 17.2 Å². The van der Waals surface area contributed by atoms with Gasteiger partial charge in [-0.05, 0) is 29.7 Å². The van der Waals surface area contributed by atoms with Crippen LogP contribution in [0.5, 0.6) is 0 Å². The van der Waals surface area contributed by atoms with Gasteiger partial charge in [-0.1, -0.05) is 30.3 Å². The van der Waals surface area contributed by atoms with Gasteiger partial charge in [0, 0.05) is 32.2 Å². The van der Waals surface area contributed by atoms with Crippen LogP contribution < -0.4 is 5.73 Å². The lowest BCUT2D eigenvalue weighted by atomic mass is 10.1. The number of hydrogen-bond acceptors (Lipinski definition) is 3. The Morgan fingerprint density at radius 1 is 1.08 bits per heavy atom. The zero-order valence-corrected chi connectivity index (χ0v) is 13.5. The molecule has 1 fully saturated rings. The Labute approximate surface area is 140 Å². The average Bonchev–Trinajstić information content (AvgIpc) is 3.17. The quantitative estimate of drug-likeness (QED) is 0.803. The summed E-state index contributed by atoms with van der Waals surface area (Å²) < 4.78 is 15.7. The molecule has 1 aliphatic rings. The van der Waals surface area contributed by atoms with Crippen LogP contribution in [0.2, 0.25) is 0 Å². The second-order valence-corrected chi connectivity index (χ2v) is 6.58. The van der Waals surface area contributed by atoms with Gasteiger partial charge in [-0.2, -0.15) is 0 Å². The fraction of sp³-hybridized carbons (Fsp3) is 0.316. The maximum Gasteiger partial charge on any atom is 0.151 e. The monoisotopic (exact) mass is 324 g/mol. The molecular weight excluding hydrogens is 303 g/mol. The highest BCUT2D eigenvalue weighted by atomic mass is 19.1. The second kappa shape index (κ2) is 6.34. The van der Waals surface area contributed by atoms with Crippen LogP contribution in [0, 0.1) is 5.82 Å². The number of hydrogen-bond donors (Lipinski definition) is 1. The lowest BCUT2D eigenvalue weighted by Gasteiger charge is -2.15. The predicted molar refractivity (Wildman–Crippen MR) is 93.1 cm³/mol. The number of fused-ring (bicyclic) bond motifs is 1. The van der Waals surface area contributed by atoms with Gasteiger partial charge in [0.2, 0.25) is 0 Å². The van der Waals surface area contributed by atoms with E-state index in [1.54, 1.807) is 12.4 Å². The van der Waals surface area contributed by atoms with Crippen LogP contribution in [0.4, 0.5) is 4.39 Å². The molecule has 0 radical (unpaired) electrons. The van der Waals surface area contributed by atoms with Gasteiger partial charge in [0.1, 0.15) is 5.52 Å². The summed E-state index contributed by atoms with van der Waals surface area (Å²) in [5.74, 6) is -0.273. The van der Waals surface area contributed by atoms with Gasteiger partial charge >= 0.3 is 0 Å². The van der Waals surface area contributed by atoms with E-state index in [9.17, 15) is 4.39 Å². The van der Waals surface area contributed by atoms with E-state index in [4.69, 9.17) is 5.73 Å². The molecule has 1 aromatic heterocycles. The summed E-state index contributed by atoms with van der Waals surface area (Å²) in [6.45, 7) is 3.70. The van der Waals surface area contributed by atoms with Crippen molar-refractivity contribution in [1.82, 2.24) is 14.5 Å². The van der Waals surface area contributed by atoms with Crippen molar-refractivity contribution < 1.29 is 4.39 Å². The van der Waals surface area contributed by atoms with Gasteiger partial charge < -0.3 is 10.3 Å². The number of imidazole rings is 1. The zero-order valence-electron chi connectivity index (χ0n) is 13.5. The Balaban J connectivity index is 1.47. The molecular formula is C19H21FN4. The molecule has 0 amide bonds. The summed E-state index contributed by atoms with van der Waals surface area (Å²) >= 11 is 0. The highest BCUT2D eigenvalue weighted by Gasteiger charge is 2.18. The smallest absolute Gasteiger partial charge is 0.151 e. The third kappa shape index (κ3) is 3.05. The minimum absolute atomic E-state index is 0.273. The first kappa shape index (κ1) is 15.3. The number of benzene rings is 2. The van der Waals surface area contributed by atoms with Crippen molar-refractivity contribution in [3.8, 4) is 0 Å². The van der Waals surface area contributed by atoms with E-state index in [1.807, 2.05) is 10.6 Å². The molecule has 3 aromatic rings. The lowest BCUT2D eigenvalue weighted by molar-refractivity contribution is 0.327. The van der Waals surface area contributed by atoms with Gasteiger partial charge in [0.25, 0.3) is 0 Å². The predicted octanol–water partition coefficient (Wildman–Crippen LogP) is 2.76. The fourth-order valence-corrected chi connectivity index (χ4v) is 3.39. The van der Waals surface area contributed by atoms with E-state index >= 15 is 0 Å². The van der Waals surface area contributed by atoms with Crippen molar-refractivity contribution in [3.05, 3.63) is 65.7 Å². The number of nitrogens with two attached hydrogens (primary N) is 1. The lowest BCUT2D eigenvalue weighted by Crippen LogP contribution is -2.26. The molecule has 1 aliphatic heterocycles. The topological polar surface area (TPSA) is 47.1 Å². The third-order valence-electron chi connectivity index (χ3n) is 4.69. The van der Waals surface area contributed by atoms with E-state index in [-0.39, 0.29) is 5.82 Å². The first-order valence-electron chi connectivity index (χ1n) is 8.34. The summed E-state index contributed by atoms with van der Waals surface area (Å²) in [6, 6.07) is 14.0. The summed E-state index contributed by atoms with van der Waals surface area (Å²) in [6.07, 6.45) is 2.79. The molecule has 1 unspecified atom stereocenters. The standard InChI is InChI=1S/C19H21FN4/c20-17-2-1-3-18-19(17)22-13-24(18)11-15-6-4-14(5-7-15)10-23-9-8-16(21)12-23/h1-7,13,16H,8-12,21H2. The molecule has 0 spiro atoms. The number of likely N-dealkylation sites (tertiary alicyclic amines) is 1. The molecule has 2 aromatic carbocycles. The van der Waals surface area contributed by atoms with Gasteiger partial charge in [-0.3, -0.25) is 4.90 Å². The van der Waals surface area contributed by atoms with Gasteiger partial charge in [0.15, 0.2) is 5.82 Å². The molecule has 124 valence electrons. The van der Waals surface area contributed by atoms with Crippen molar-refractivity contribution in [2.24, 2.45) is 5.73 Å². The zero-order chi connectivity index (χ0) is 16.5. The molecule has 4 nitrogen and oxygen atoms in total. The Bertz CT molecular complexity index is 840. The highest BCUT2D eigenvalue weighted by Crippen LogP contribution is 2.18. The van der Waals surface area contributed by atoms with Crippen LogP contribution in [0.3, 0.4) is 0 Å². The molecule has 5 heteroatoms. The SMILES string of the molecule is NC1CCN(Cc2ccc(Cn3cnc4c(F)cccc43)cc2)C1. The van der Waals surface area contributed by atoms with Crippen LogP contribution in [0.25, 0.3) is 11.0 Å². The van der Waals surface area contributed by atoms with E-state index in [0.29, 0.717) is 18.1 Å². The largest absolute Gasteiger partial charge is 0.326 e. The molecule has 0 saturated carbocycles. The molecule has 1 atom stereocenters. The van der Waals surface area contributed by atoms with Crippen molar-refractivity contribution in [3.63, 3.8) is 0 Å². The normalized spacial score (nSPS) is 18.5. The molecule has 2 N–H and O–H groups in total. The van der Waals surface area contributed by atoms with Crippen LogP contribution in [0.15, 0.2) is 48.8 Å². The van der Waals surface area contributed by atoms with Crippen molar-refractivity contribution >= 4 is 11.0 Å². The van der Waals surface area contributed by atoms with E-state index in [0.717, 1.165) is 31.6 Å². The second-order valence-electron chi connectivity index (χ2n) is 6.58. The fourth-order valence-electron chi connectivity index (χ4n) is 3.39. The molecule has 0 aliphatic carbocycles. The maximum absolute atomic E-state index is 13.7. The summed E-state index contributed by atoms with van der Waals surface area (Å²) in [4.78, 5) is 6.57. The number of halogens is 1. The summed E-state index contributed by atoms with van der Waals surface area (Å²) in [5.41, 5.74) is 9.69. The van der Waals surface area contributed by atoms with Gasteiger partial charge in [-0.15, -0.1) is 0 Å². The Kier molecular flexibility index (Phi) is 4.04. The first-order valence-corrected chi connectivity index (χ1v) is 8.34. The Morgan fingerprint density at radius 2 is 1.83 bits per heavy atom. The maximum atomic E-state index is 13.7. The van der Waals surface area contributed by atoms with Crippen LogP contribution >= 0.6 is 0 Å². The molecule has 2 heterocycles. The third-order valence-corrected chi connectivity index (χ3v) is 4.69. The summed E-state index contributed by atoms with van der Waals surface area (Å²) in [5, 5.41) is 0. The van der Waals surface area contributed by atoms with Gasteiger partial charge in [0.05, 0.1) is 11.8 Å². The number of para-hydroxylation sites is 1. The number of aromatic nitrogens is 2. The van der Waals surface area contributed by atoms with E-state index in [2.05, 4.69) is 34.1 Å². The molecule has 4 rings (SSSR count). The number of rotatable bonds is 4. The van der Waals surface area contributed by atoms with Crippen LogP contribution in [-0.2, 0) is 13.1 Å². The molecule has 1 saturated heterocycles. The number of nitrogens with zero attached hydrogens (tertiary/aromatic N) is 3. The minimum Gasteiger partial charge on any atom is -0.326 e. The minimum atomic E-state index is -0.273. The van der Waals surface area contributed by atoms with Gasteiger partial charge in [-0.25, -0.2) is 9.37 Å². The Morgan fingerprint density at radius 3 is 2.54 bits per heavy atom. The molecule has 0 bridgehead atoms.